The standard InChI is InChI=1S/C45H60Br2O6/c1-25(2)8-6-9-26(3)35-14-15-36-32-13-12-30-20-27(16-18-44(30,4)37(32)17-19-45(35,36)5)10-7-11-31(28-21-33(42(50)51)40(48)38(46)23-28)29-22-34(43(52)53)41(49)39(47)24-29/h11,21-27,30,32,35-37,48-49H,6-10,12-20H2,1-5H3,(H,50,51)(H,52,53). The first-order valence-corrected chi connectivity index (χ1v) is 21.9. The predicted octanol–water partition coefficient (Wildman–Crippen LogP) is 13.0. The van der Waals surface area contributed by atoms with Gasteiger partial charge in [-0.1, -0.05) is 60.0 Å². The topological polar surface area (TPSA) is 115 Å². The summed E-state index contributed by atoms with van der Waals surface area (Å²) in [7, 11) is 0. The molecule has 0 aromatic heterocycles. The molecule has 53 heavy (non-hydrogen) atoms. The number of carboxylic acids is 2. The number of hydrogen-bond donors (Lipinski definition) is 4. The Labute approximate surface area is 333 Å². The first kappa shape index (κ1) is 40.3. The van der Waals surface area contributed by atoms with Crippen LogP contribution in [0.3, 0.4) is 0 Å². The van der Waals surface area contributed by atoms with Crippen LogP contribution in [0.5, 0.6) is 11.5 Å². The van der Waals surface area contributed by atoms with Crippen LogP contribution in [0, 0.1) is 58.2 Å². The van der Waals surface area contributed by atoms with Crippen LogP contribution in [0.1, 0.15) is 156 Å². The van der Waals surface area contributed by atoms with Crippen LogP contribution in [0.15, 0.2) is 39.3 Å². The summed E-state index contributed by atoms with van der Waals surface area (Å²) in [6.45, 7) is 12.6. The highest BCUT2D eigenvalue weighted by Gasteiger charge is 2.60. The molecule has 4 N–H and O–H groups in total. The largest absolute Gasteiger partial charge is 0.506 e. The van der Waals surface area contributed by atoms with Crippen LogP contribution in [0.2, 0.25) is 0 Å². The van der Waals surface area contributed by atoms with Crippen LogP contribution in [-0.2, 0) is 0 Å². The fourth-order valence-electron chi connectivity index (χ4n) is 12.3. The van der Waals surface area contributed by atoms with Gasteiger partial charge in [0.25, 0.3) is 0 Å². The Kier molecular flexibility index (Phi) is 12.2. The van der Waals surface area contributed by atoms with E-state index in [1.54, 1.807) is 12.1 Å². The molecule has 4 saturated carbocycles. The quantitative estimate of drug-likeness (QED) is 0.169. The van der Waals surface area contributed by atoms with E-state index in [9.17, 15) is 30.0 Å². The van der Waals surface area contributed by atoms with Crippen molar-refractivity contribution in [1.29, 1.82) is 0 Å². The minimum absolute atomic E-state index is 0.240. The molecular weight excluding hydrogens is 796 g/mol. The number of aromatic carboxylic acids is 2. The molecule has 9 unspecified atom stereocenters. The molecule has 6 rings (SSSR count). The van der Waals surface area contributed by atoms with Crippen molar-refractivity contribution in [3.05, 3.63) is 61.5 Å². The lowest BCUT2D eigenvalue weighted by Crippen LogP contribution is -2.53. The van der Waals surface area contributed by atoms with E-state index in [0.717, 1.165) is 54.3 Å². The maximum Gasteiger partial charge on any atom is 0.339 e. The highest BCUT2D eigenvalue weighted by Crippen LogP contribution is 2.69. The number of aromatic hydroxyl groups is 2. The molecule has 0 radical (unpaired) electrons. The zero-order valence-corrected chi connectivity index (χ0v) is 35.4. The number of allylic oxidation sites excluding steroid dienone is 1. The van der Waals surface area contributed by atoms with Crippen molar-refractivity contribution in [2.24, 2.45) is 58.2 Å². The summed E-state index contributed by atoms with van der Waals surface area (Å²) in [5, 5.41) is 40.5. The van der Waals surface area contributed by atoms with Crippen molar-refractivity contribution in [3.63, 3.8) is 0 Å². The molecule has 4 aliphatic carbocycles. The zero-order valence-electron chi connectivity index (χ0n) is 32.3. The van der Waals surface area contributed by atoms with Crippen molar-refractivity contribution in [3.8, 4) is 11.5 Å². The molecule has 0 bridgehead atoms. The average molecular weight is 857 g/mol. The summed E-state index contributed by atoms with van der Waals surface area (Å²) in [5.41, 5.74) is 2.18. The summed E-state index contributed by atoms with van der Waals surface area (Å²) in [6, 6.07) is 6.17. The number of carbonyl (C=O) groups is 2. The number of carboxylic acid groups (broad SMARTS) is 2. The minimum Gasteiger partial charge on any atom is -0.506 e. The Bertz CT molecular complexity index is 1660. The lowest BCUT2D eigenvalue weighted by Gasteiger charge is -2.61. The van der Waals surface area contributed by atoms with Gasteiger partial charge in [0, 0.05) is 0 Å². The molecule has 0 spiro atoms. The molecule has 0 aliphatic heterocycles. The van der Waals surface area contributed by atoms with Gasteiger partial charge in [0.15, 0.2) is 0 Å². The SMILES string of the molecule is CC(C)CCCC(C)C1CCC2C3CCC4CC(CCC=C(c5cc(Br)c(O)c(C(=O)O)c5)c5cc(Br)c(O)c(C(=O)O)c5)CCC4(C)C3CCC12C. The van der Waals surface area contributed by atoms with Crippen molar-refractivity contribution < 1.29 is 30.0 Å². The van der Waals surface area contributed by atoms with Gasteiger partial charge >= 0.3 is 11.9 Å². The monoisotopic (exact) mass is 854 g/mol. The van der Waals surface area contributed by atoms with Gasteiger partial charge in [-0.05, 0) is 202 Å². The summed E-state index contributed by atoms with van der Waals surface area (Å²) >= 11 is 6.64. The molecule has 9 atom stereocenters. The lowest BCUT2D eigenvalue weighted by molar-refractivity contribution is -0.121. The first-order chi connectivity index (χ1) is 25.0. The summed E-state index contributed by atoms with van der Waals surface area (Å²) in [6.07, 6.45) is 20.1. The second-order valence-corrected chi connectivity index (χ2v) is 20.1. The van der Waals surface area contributed by atoms with Crippen LogP contribution < -0.4 is 0 Å². The van der Waals surface area contributed by atoms with Crippen molar-refractivity contribution in [2.75, 3.05) is 0 Å². The fraction of sp³-hybridized carbons (Fsp3) is 0.644. The highest BCUT2D eigenvalue weighted by molar-refractivity contribution is 9.11. The van der Waals surface area contributed by atoms with E-state index in [4.69, 9.17) is 0 Å². The van der Waals surface area contributed by atoms with Crippen LogP contribution >= 0.6 is 31.9 Å². The molecule has 290 valence electrons. The summed E-state index contributed by atoms with van der Waals surface area (Å²) < 4.78 is 0.480. The van der Waals surface area contributed by atoms with Gasteiger partial charge in [0.05, 0.1) is 8.95 Å². The summed E-state index contributed by atoms with van der Waals surface area (Å²) in [4.78, 5) is 24.0. The Balaban J connectivity index is 1.17. The maximum atomic E-state index is 12.0. The Hall–Kier alpha value is -2.32. The molecule has 2 aromatic rings. The van der Waals surface area contributed by atoms with Gasteiger partial charge in [-0.3, -0.25) is 0 Å². The fourth-order valence-corrected chi connectivity index (χ4v) is 13.3. The van der Waals surface area contributed by atoms with Gasteiger partial charge in [-0.15, -0.1) is 0 Å². The highest BCUT2D eigenvalue weighted by atomic mass is 79.9. The Morgan fingerprint density at radius 1 is 0.792 bits per heavy atom. The van der Waals surface area contributed by atoms with Gasteiger partial charge in [-0.25, -0.2) is 9.59 Å². The third-order valence-electron chi connectivity index (χ3n) is 15.1. The molecule has 2 aromatic carbocycles. The van der Waals surface area contributed by atoms with Crippen LogP contribution in [0.25, 0.3) is 5.57 Å². The van der Waals surface area contributed by atoms with Gasteiger partial charge < -0.3 is 20.4 Å². The molecule has 4 aliphatic rings. The number of rotatable bonds is 12. The molecule has 0 heterocycles. The van der Waals surface area contributed by atoms with E-state index in [1.807, 2.05) is 0 Å². The molecule has 6 nitrogen and oxygen atoms in total. The Morgan fingerprint density at radius 3 is 1.96 bits per heavy atom. The zero-order chi connectivity index (χ0) is 38.4. The third kappa shape index (κ3) is 7.89. The number of phenols is 2. The van der Waals surface area contributed by atoms with Crippen LogP contribution in [0.4, 0.5) is 0 Å². The van der Waals surface area contributed by atoms with Crippen molar-refractivity contribution in [2.45, 2.75) is 125 Å². The lowest BCUT2D eigenvalue weighted by atomic mass is 9.44. The van der Waals surface area contributed by atoms with E-state index in [1.165, 1.54) is 89.2 Å². The number of benzene rings is 2. The van der Waals surface area contributed by atoms with Crippen molar-refractivity contribution in [1.82, 2.24) is 0 Å². The predicted molar refractivity (Wildman–Crippen MR) is 218 cm³/mol. The molecule has 0 amide bonds. The Morgan fingerprint density at radius 2 is 1.38 bits per heavy atom. The average Bonchev–Trinajstić information content (AvgIpc) is 3.46. The molecule has 4 fully saturated rings. The van der Waals surface area contributed by atoms with E-state index in [-0.39, 0.29) is 31.6 Å². The minimum atomic E-state index is -1.26. The molecular formula is C45H60Br2O6. The van der Waals surface area contributed by atoms with Crippen molar-refractivity contribution >= 4 is 49.4 Å². The van der Waals surface area contributed by atoms with E-state index in [0.29, 0.717) is 33.4 Å². The van der Waals surface area contributed by atoms with E-state index < -0.39 is 11.9 Å². The van der Waals surface area contributed by atoms with Gasteiger partial charge in [-0.2, -0.15) is 0 Å². The van der Waals surface area contributed by atoms with Crippen LogP contribution in [-0.4, -0.2) is 32.4 Å². The summed E-state index contributed by atoms with van der Waals surface area (Å²) in [5.74, 6) is 3.24. The molecule has 8 heteroatoms. The number of fused-ring (bicyclic) bond motifs is 5. The van der Waals surface area contributed by atoms with E-state index >= 15 is 0 Å². The first-order valence-electron chi connectivity index (χ1n) is 20.3. The van der Waals surface area contributed by atoms with E-state index in [2.05, 4.69) is 72.6 Å². The normalized spacial score (nSPS) is 31.3. The maximum absolute atomic E-state index is 12.0. The number of halogens is 2. The second kappa shape index (κ2) is 16.0. The molecule has 0 saturated heterocycles. The van der Waals surface area contributed by atoms with Gasteiger partial charge in [0.1, 0.15) is 22.6 Å². The smallest absolute Gasteiger partial charge is 0.339 e. The second-order valence-electron chi connectivity index (χ2n) is 18.3. The third-order valence-corrected chi connectivity index (χ3v) is 16.3. The number of hydrogen-bond acceptors (Lipinski definition) is 4. The van der Waals surface area contributed by atoms with Gasteiger partial charge in [0.2, 0.25) is 0 Å².